The number of pyridine rings is 1. The fraction of sp³-hybridized carbons (Fsp3) is 0.154. The van der Waals surface area contributed by atoms with Gasteiger partial charge in [-0.25, -0.2) is 4.98 Å². The van der Waals surface area contributed by atoms with Crippen LogP contribution in [-0.4, -0.2) is 18.5 Å². The van der Waals surface area contributed by atoms with E-state index < -0.39 is 70.6 Å². The minimum atomic E-state index is -0.640. The van der Waals surface area contributed by atoms with Crippen LogP contribution in [-0.2, 0) is 37.3 Å². The van der Waals surface area contributed by atoms with Crippen LogP contribution >= 0.6 is 0 Å². The maximum absolute atomic E-state index is 10.1. The van der Waals surface area contributed by atoms with Crippen molar-refractivity contribution in [2.75, 3.05) is 0 Å². The zero-order valence-corrected chi connectivity index (χ0v) is 50.6. The summed E-state index contributed by atoms with van der Waals surface area (Å²) in [5, 5.41) is 3.79. The van der Waals surface area contributed by atoms with Crippen molar-refractivity contribution in [2.45, 2.75) is 78.6 Å². The smallest absolute Gasteiger partial charge is 0.135 e. The van der Waals surface area contributed by atoms with Gasteiger partial charge in [-0.15, -0.1) is 29.1 Å². The summed E-state index contributed by atoms with van der Waals surface area (Å²) in [6.45, 7) is 19.0. The molecule has 85 heavy (non-hydrogen) atoms. The van der Waals surface area contributed by atoms with Crippen LogP contribution in [0.1, 0.15) is 96.8 Å². The average molecular weight is 1300 g/mol. The molecule has 0 saturated carbocycles. The minimum Gasteiger partial charge on any atom is -0.510 e. The molecule has 15 aromatic rings. The number of fused-ring (bicyclic) bond motifs is 5. The number of imidazole rings is 1. The number of para-hydroxylation sites is 3. The summed E-state index contributed by atoms with van der Waals surface area (Å²) < 4.78 is 137. The fourth-order valence-electron chi connectivity index (χ4n) is 11.3. The average Bonchev–Trinajstić information content (AvgIpc) is 1.56. The van der Waals surface area contributed by atoms with Crippen molar-refractivity contribution in [3.8, 4) is 44.8 Å². The molecule has 0 unspecified atom stereocenters. The largest absolute Gasteiger partial charge is 0.510 e. The van der Waals surface area contributed by atoms with Gasteiger partial charge in [-0.3, -0.25) is 0 Å². The first kappa shape index (κ1) is 41.8. The van der Waals surface area contributed by atoms with Crippen molar-refractivity contribution in [1.29, 1.82) is 0 Å². The normalized spacial score (nSPS) is 14.3. The monoisotopic (exact) mass is 1300 g/mol. The topological polar surface area (TPSA) is 53.4 Å². The molecule has 0 aliphatic carbocycles. The Bertz CT molecular complexity index is 5830. The maximum Gasteiger partial charge on any atom is 0.135 e. The molecular weight excluding hydrogens is 1220 g/mol. The molecule has 6 nitrogen and oxygen atoms in total. The standard InChI is InChI=1S/C78H65N4O2.Pt/c1-76(2,3)56-40-54(51-23-14-11-15-24-51)39-55(41-56)66-44-57(77(4,5)6)43-65-52-31-34-59(35-32-52)84-73-30-19-16-27-64(73)67-48-79-74(47-68(67)78(7,8)9)82-71-42-53(50-21-12-10-13-22-50)33-37-62(71)63-38-36-61(46-72(63)82)83-60-26-20-25-58(45-60)80-49-81(75(65)66)70-29-18-17-28-69(70)80;/h10-44,47-49H,1-9H3;/q-3;/i10D,11D,12D,13D,14D,15D,21D,22D,23D,24D,33D,37D,42D;. The van der Waals surface area contributed by atoms with Gasteiger partial charge in [0.05, 0.1) is 17.8 Å². The molecule has 0 atom stereocenters. The van der Waals surface area contributed by atoms with Crippen molar-refractivity contribution in [3.63, 3.8) is 0 Å². The third kappa shape index (κ3) is 10.2. The van der Waals surface area contributed by atoms with E-state index in [0.717, 1.165) is 66.3 Å². The molecule has 0 amide bonds. The van der Waals surface area contributed by atoms with Crippen LogP contribution in [0, 0.1) is 12.1 Å². The summed E-state index contributed by atoms with van der Waals surface area (Å²) in [4.78, 5) is 5.17. The number of hydrogen-bond acceptors (Lipinski definition) is 3. The zero-order chi connectivity index (χ0) is 69.0. The van der Waals surface area contributed by atoms with E-state index in [2.05, 4.69) is 103 Å². The van der Waals surface area contributed by atoms with Gasteiger partial charge in [-0.05, 0) is 136 Å². The first-order valence-corrected chi connectivity index (χ1v) is 28.0. The summed E-state index contributed by atoms with van der Waals surface area (Å²) >= 11 is 0. The van der Waals surface area contributed by atoms with Crippen LogP contribution in [0.15, 0.2) is 239 Å². The van der Waals surface area contributed by atoms with Crippen molar-refractivity contribution in [3.05, 3.63) is 259 Å². The van der Waals surface area contributed by atoms with Gasteiger partial charge in [0.1, 0.15) is 16.8 Å². The molecular formula is C78H65N4O2Pt-3. The Labute approximate surface area is 528 Å². The van der Waals surface area contributed by atoms with Gasteiger partial charge < -0.3 is 22.4 Å². The van der Waals surface area contributed by atoms with Gasteiger partial charge in [-0.1, -0.05) is 219 Å². The fourth-order valence-corrected chi connectivity index (χ4v) is 11.3. The number of nitrogens with zero attached hydrogens (tertiary/aromatic N) is 4. The maximum atomic E-state index is 10.1. The van der Waals surface area contributed by atoms with E-state index in [-0.39, 0.29) is 78.4 Å². The molecule has 16 rings (SSSR count). The van der Waals surface area contributed by atoms with Gasteiger partial charge in [0.2, 0.25) is 0 Å². The quantitative estimate of drug-likeness (QED) is 0.166. The van der Waals surface area contributed by atoms with E-state index in [1.807, 2.05) is 108 Å². The summed E-state index contributed by atoms with van der Waals surface area (Å²) in [7, 11) is 0. The summed E-state index contributed by atoms with van der Waals surface area (Å²) in [5.41, 5.74) is 8.06. The van der Waals surface area contributed by atoms with Crippen molar-refractivity contribution in [2.24, 2.45) is 0 Å². The molecule has 6 heterocycles. The molecule has 0 fully saturated rings. The first-order valence-electron chi connectivity index (χ1n) is 34.5. The molecule has 0 N–H and O–H groups in total. The van der Waals surface area contributed by atoms with Gasteiger partial charge >= 0.3 is 0 Å². The van der Waals surface area contributed by atoms with E-state index in [0.29, 0.717) is 44.4 Å². The molecule has 1 aliphatic rings. The Morgan fingerprint density at radius 2 is 1.15 bits per heavy atom. The summed E-state index contributed by atoms with van der Waals surface area (Å²) in [6, 6.07) is 45.9. The predicted molar refractivity (Wildman–Crippen MR) is 351 cm³/mol. The van der Waals surface area contributed by atoms with Crippen molar-refractivity contribution < 1.29 is 47.7 Å². The molecule has 0 radical (unpaired) electrons. The molecule has 10 bridgehead atoms. The van der Waals surface area contributed by atoms with E-state index in [1.165, 1.54) is 0 Å². The van der Waals surface area contributed by atoms with Crippen LogP contribution in [0.2, 0.25) is 0 Å². The third-order valence-corrected chi connectivity index (χ3v) is 15.6. The second kappa shape index (κ2) is 21.2. The van der Waals surface area contributed by atoms with Gasteiger partial charge in [0.25, 0.3) is 0 Å². The van der Waals surface area contributed by atoms with Crippen molar-refractivity contribution in [1.82, 2.24) is 18.5 Å². The Balaban J connectivity index is 0.00000864. The van der Waals surface area contributed by atoms with Crippen LogP contribution < -0.4 is 0 Å². The number of hydrogen-bond donors (Lipinski definition) is 0. The number of rotatable bonds is 3. The van der Waals surface area contributed by atoms with Gasteiger partial charge in [0, 0.05) is 61.0 Å². The molecule has 0 spiro atoms. The van der Waals surface area contributed by atoms with Gasteiger partial charge in [-0.2, -0.15) is 24.3 Å². The Morgan fingerprint density at radius 1 is 0.494 bits per heavy atom. The zero-order valence-electron chi connectivity index (χ0n) is 61.4. The summed E-state index contributed by atoms with van der Waals surface area (Å²) in [6.07, 6.45) is 3.77. The Kier molecular flexibility index (Phi) is 10.4. The van der Waals surface area contributed by atoms with Crippen LogP contribution in [0.4, 0.5) is 0 Å². The van der Waals surface area contributed by atoms with E-state index in [1.54, 1.807) is 28.8 Å². The third-order valence-electron chi connectivity index (χ3n) is 15.6. The number of aromatic nitrogens is 4. The van der Waals surface area contributed by atoms with Crippen LogP contribution in [0.25, 0.3) is 127 Å². The van der Waals surface area contributed by atoms with E-state index in [9.17, 15) is 6.85 Å². The van der Waals surface area contributed by atoms with E-state index in [4.69, 9.17) is 24.8 Å². The molecule has 7 heteroatoms. The Hall–Kier alpha value is -9.09. The molecule has 5 aromatic heterocycles. The second-order valence-electron chi connectivity index (χ2n) is 24.4. The Morgan fingerprint density at radius 3 is 1.87 bits per heavy atom. The molecule has 0 saturated heterocycles. The SMILES string of the molecule is [2H]c1c([2H])c([2H])c(-c2cc(-c3cc(C(C)(C)C)cc4c5ccc(cc5)oc5ccccc5c5cnc(cc5C(C)(C)C)n5c6[c-]c(ccc6c6c([2H])c([2H])c(-c7c([2H])c([2H])c([2H])c([2H])c7[2H])c([2H])c65)oc5[c-]c(ccc5)n5[cH-]n(c34)-c3ccccc3-5)cc(C(C)(C)C)c2)c([2H])c1[2H].[Pt]. The first-order chi connectivity index (χ1) is 45.9. The molecule has 422 valence electrons. The number of benzene rings is 10. The minimum absolute atomic E-state index is 0. The van der Waals surface area contributed by atoms with Crippen molar-refractivity contribution >= 4 is 82.4 Å². The molecule has 1 aliphatic heterocycles. The second-order valence-corrected chi connectivity index (χ2v) is 24.4. The van der Waals surface area contributed by atoms with Crippen LogP contribution in [0.5, 0.6) is 0 Å². The van der Waals surface area contributed by atoms with E-state index >= 15 is 0 Å². The predicted octanol–water partition coefficient (Wildman–Crippen LogP) is 21.2. The molecule has 10 aromatic carbocycles. The van der Waals surface area contributed by atoms with Crippen LogP contribution in [0.3, 0.4) is 0 Å². The summed E-state index contributed by atoms with van der Waals surface area (Å²) in [5.74, 6) is 0. The van der Waals surface area contributed by atoms with Gasteiger partial charge in [0.15, 0.2) is 0 Å².